The van der Waals surface area contributed by atoms with Gasteiger partial charge in [-0.05, 0) is 30.5 Å². The Balaban J connectivity index is 1.52. The molecule has 2 bridgehead atoms. The van der Waals surface area contributed by atoms with Crippen LogP contribution in [0.2, 0.25) is 0 Å². The third-order valence-corrected chi connectivity index (χ3v) is 5.21. The number of furan rings is 1. The number of nitrogens with zero attached hydrogens (tertiary/aromatic N) is 4. The zero-order valence-electron chi connectivity index (χ0n) is 14.0. The lowest BCUT2D eigenvalue weighted by atomic mass is 9.83. The van der Waals surface area contributed by atoms with E-state index in [-0.39, 0.29) is 17.2 Å². The van der Waals surface area contributed by atoms with Crippen LogP contribution in [0, 0.1) is 17.2 Å². The molecular weight excluding hydrogens is 332 g/mol. The van der Waals surface area contributed by atoms with Gasteiger partial charge >= 0.3 is 0 Å². The third kappa shape index (κ3) is 2.26. The highest BCUT2D eigenvalue weighted by Gasteiger charge is 2.36. The van der Waals surface area contributed by atoms with Crippen molar-refractivity contribution in [2.24, 2.45) is 5.92 Å². The molecule has 1 saturated heterocycles. The molecule has 0 saturated carbocycles. The number of piperidine rings is 1. The Morgan fingerprint density at radius 3 is 2.92 bits per heavy atom. The number of nitriles is 1. The Kier molecular flexibility index (Phi) is 3.25. The molecule has 2 aliphatic heterocycles. The van der Waals surface area contributed by atoms with E-state index >= 15 is 0 Å². The predicted molar refractivity (Wildman–Crippen MR) is 92.7 cm³/mol. The SMILES string of the molecule is N#Cc1nc(-c2ccco2)oc1N1CC2CC(C1)c1cccc(=O)n1C2. The number of hydrogen-bond donors (Lipinski definition) is 0. The van der Waals surface area contributed by atoms with Gasteiger partial charge in [0.15, 0.2) is 5.76 Å². The number of oxazole rings is 1. The number of fused-ring (bicyclic) bond motifs is 4. The lowest BCUT2D eigenvalue weighted by Crippen LogP contribution is -2.47. The van der Waals surface area contributed by atoms with Crippen molar-refractivity contribution in [2.75, 3.05) is 18.0 Å². The smallest absolute Gasteiger partial charge is 0.266 e. The van der Waals surface area contributed by atoms with E-state index in [0.29, 0.717) is 36.5 Å². The minimum atomic E-state index is 0.0585. The van der Waals surface area contributed by atoms with Crippen LogP contribution in [0.15, 0.2) is 50.2 Å². The first kappa shape index (κ1) is 15.0. The molecule has 26 heavy (non-hydrogen) atoms. The summed E-state index contributed by atoms with van der Waals surface area (Å²) in [6, 6.07) is 11.1. The average molecular weight is 348 g/mol. The fourth-order valence-corrected chi connectivity index (χ4v) is 4.17. The zero-order chi connectivity index (χ0) is 17.7. The first-order chi connectivity index (χ1) is 12.7. The van der Waals surface area contributed by atoms with Gasteiger partial charge in [-0.2, -0.15) is 10.2 Å². The van der Waals surface area contributed by atoms with Gasteiger partial charge in [0.2, 0.25) is 11.6 Å². The van der Waals surface area contributed by atoms with Crippen molar-refractivity contribution < 1.29 is 8.83 Å². The van der Waals surface area contributed by atoms with Gasteiger partial charge in [-0.1, -0.05) is 6.07 Å². The summed E-state index contributed by atoms with van der Waals surface area (Å²) < 4.78 is 13.1. The molecule has 7 heteroatoms. The van der Waals surface area contributed by atoms with Crippen molar-refractivity contribution in [2.45, 2.75) is 18.9 Å². The molecule has 0 aliphatic carbocycles. The van der Waals surface area contributed by atoms with Gasteiger partial charge in [-0.15, -0.1) is 0 Å². The second-order valence-corrected chi connectivity index (χ2v) is 6.87. The molecule has 0 aromatic carbocycles. The molecule has 1 fully saturated rings. The maximum atomic E-state index is 12.1. The molecule has 5 heterocycles. The summed E-state index contributed by atoms with van der Waals surface area (Å²) in [7, 11) is 0. The van der Waals surface area contributed by atoms with Crippen LogP contribution >= 0.6 is 0 Å². The van der Waals surface area contributed by atoms with Crippen molar-refractivity contribution in [3.05, 3.63) is 58.3 Å². The summed E-state index contributed by atoms with van der Waals surface area (Å²) in [4.78, 5) is 18.5. The first-order valence-electron chi connectivity index (χ1n) is 8.62. The molecule has 3 aromatic heterocycles. The summed E-state index contributed by atoms with van der Waals surface area (Å²) in [6.45, 7) is 2.13. The average Bonchev–Trinajstić information content (AvgIpc) is 3.32. The maximum Gasteiger partial charge on any atom is 0.266 e. The first-order valence-corrected chi connectivity index (χ1v) is 8.62. The lowest BCUT2D eigenvalue weighted by Gasteiger charge is -2.42. The normalized spacial score (nSPS) is 21.3. The highest BCUT2D eigenvalue weighted by Crippen LogP contribution is 2.38. The Hall–Kier alpha value is -3.27. The standard InChI is InChI=1S/C19H16N4O3/c20-8-14-19(26-18(21-14)16-4-2-6-25-16)22-9-12-7-13(11-22)15-3-1-5-17(24)23(15)10-12/h1-6,12-13H,7,9-11H2. The van der Waals surface area contributed by atoms with Crippen molar-refractivity contribution >= 4 is 5.88 Å². The fraction of sp³-hybridized carbons (Fsp3) is 0.316. The van der Waals surface area contributed by atoms with Crippen molar-refractivity contribution in [1.29, 1.82) is 5.26 Å². The monoisotopic (exact) mass is 348 g/mol. The van der Waals surface area contributed by atoms with E-state index in [1.165, 1.54) is 0 Å². The molecular formula is C19H16N4O3. The van der Waals surface area contributed by atoms with Crippen LogP contribution in [0.5, 0.6) is 0 Å². The highest BCUT2D eigenvalue weighted by atomic mass is 16.4. The maximum absolute atomic E-state index is 12.1. The third-order valence-electron chi connectivity index (χ3n) is 5.21. The van der Waals surface area contributed by atoms with E-state index in [2.05, 4.69) is 16.0 Å². The van der Waals surface area contributed by atoms with Crippen LogP contribution in [0.4, 0.5) is 5.88 Å². The van der Waals surface area contributed by atoms with Crippen molar-refractivity contribution in [1.82, 2.24) is 9.55 Å². The Morgan fingerprint density at radius 2 is 2.12 bits per heavy atom. The predicted octanol–water partition coefficient (Wildman–Crippen LogP) is 2.59. The molecule has 2 unspecified atom stereocenters. The summed E-state index contributed by atoms with van der Waals surface area (Å²) in [6.07, 6.45) is 2.59. The second-order valence-electron chi connectivity index (χ2n) is 6.87. The summed E-state index contributed by atoms with van der Waals surface area (Å²) in [5, 5.41) is 9.48. The van der Waals surface area contributed by atoms with E-state index in [1.54, 1.807) is 24.5 Å². The minimum absolute atomic E-state index is 0.0585. The number of pyridine rings is 1. The lowest BCUT2D eigenvalue weighted by molar-refractivity contribution is 0.275. The van der Waals surface area contributed by atoms with Gasteiger partial charge < -0.3 is 18.3 Å². The molecule has 5 rings (SSSR count). The summed E-state index contributed by atoms with van der Waals surface area (Å²) in [5.74, 6) is 1.88. The Bertz CT molecular complexity index is 1060. The number of rotatable bonds is 2. The van der Waals surface area contributed by atoms with E-state index in [9.17, 15) is 10.1 Å². The van der Waals surface area contributed by atoms with Crippen LogP contribution in [-0.2, 0) is 6.54 Å². The van der Waals surface area contributed by atoms with Gasteiger partial charge in [0.25, 0.3) is 11.4 Å². The van der Waals surface area contributed by atoms with Crippen LogP contribution in [0.1, 0.15) is 23.7 Å². The van der Waals surface area contributed by atoms with Crippen LogP contribution in [-0.4, -0.2) is 22.6 Å². The molecule has 2 atom stereocenters. The minimum Gasteiger partial charge on any atom is -0.459 e. The van der Waals surface area contributed by atoms with E-state index in [0.717, 1.165) is 18.7 Å². The zero-order valence-corrected chi connectivity index (χ0v) is 14.0. The van der Waals surface area contributed by atoms with Gasteiger partial charge in [-0.3, -0.25) is 4.79 Å². The molecule has 0 amide bonds. The number of anilines is 1. The van der Waals surface area contributed by atoms with Crippen LogP contribution in [0.3, 0.4) is 0 Å². The molecule has 3 aromatic rings. The topological polar surface area (TPSA) is 88.2 Å². The quantitative estimate of drug-likeness (QED) is 0.707. The van der Waals surface area contributed by atoms with Gasteiger partial charge in [-0.25, -0.2) is 0 Å². The second kappa shape index (κ2) is 5.63. The summed E-state index contributed by atoms with van der Waals surface area (Å²) >= 11 is 0. The van der Waals surface area contributed by atoms with Crippen LogP contribution < -0.4 is 10.5 Å². The molecule has 2 aliphatic rings. The van der Waals surface area contributed by atoms with Crippen molar-refractivity contribution in [3.8, 4) is 17.7 Å². The van der Waals surface area contributed by atoms with Crippen LogP contribution in [0.25, 0.3) is 11.7 Å². The largest absolute Gasteiger partial charge is 0.459 e. The molecule has 0 radical (unpaired) electrons. The van der Waals surface area contributed by atoms with Gasteiger partial charge in [0.1, 0.15) is 6.07 Å². The number of hydrogen-bond acceptors (Lipinski definition) is 6. The molecule has 130 valence electrons. The molecule has 0 spiro atoms. The van der Waals surface area contributed by atoms with Gasteiger partial charge in [0.05, 0.1) is 6.26 Å². The Morgan fingerprint density at radius 1 is 1.19 bits per heavy atom. The van der Waals surface area contributed by atoms with E-state index < -0.39 is 0 Å². The van der Waals surface area contributed by atoms with Crippen molar-refractivity contribution in [3.63, 3.8) is 0 Å². The summed E-state index contributed by atoms with van der Waals surface area (Å²) in [5.41, 5.74) is 1.38. The van der Waals surface area contributed by atoms with E-state index in [1.807, 2.05) is 16.7 Å². The molecule has 7 nitrogen and oxygen atoms in total. The highest BCUT2D eigenvalue weighted by molar-refractivity contribution is 5.56. The van der Waals surface area contributed by atoms with Gasteiger partial charge in [0, 0.05) is 37.3 Å². The number of aromatic nitrogens is 2. The molecule has 0 N–H and O–H groups in total. The van der Waals surface area contributed by atoms with E-state index in [4.69, 9.17) is 8.83 Å². The fourth-order valence-electron chi connectivity index (χ4n) is 4.17. The Labute approximate surface area is 149 Å².